The summed E-state index contributed by atoms with van der Waals surface area (Å²) in [6.45, 7) is 0. The standard InChI is InChI=1S/C15H10Cl3N3/c16-10-3-1-9(2-4-10)14-8-15(19)20-21(14)13-6-5-11(17)7-12(13)18/h1-8H,(H2,19,20). The highest BCUT2D eigenvalue weighted by Crippen LogP contribution is 2.30. The minimum atomic E-state index is 0.408. The largest absolute Gasteiger partial charge is 0.382 e. The second-order valence-electron chi connectivity index (χ2n) is 4.47. The molecule has 6 heteroatoms. The molecule has 3 aromatic rings. The lowest BCUT2D eigenvalue weighted by Gasteiger charge is -2.09. The van der Waals surface area contributed by atoms with Gasteiger partial charge >= 0.3 is 0 Å². The highest BCUT2D eigenvalue weighted by Gasteiger charge is 2.13. The molecule has 2 aromatic carbocycles. The second-order valence-corrected chi connectivity index (χ2v) is 5.75. The number of nitrogens with two attached hydrogens (primary N) is 1. The van der Waals surface area contributed by atoms with Crippen molar-refractivity contribution in [1.29, 1.82) is 0 Å². The van der Waals surface area contributed by atoms with Crippen LogP contribution in [0.3, 0.4) is 0 Å². The Morgan fingerprint density at radius 2 is 1.52 bits per heavy atom. The topological polar surface area (TPSA) is 43.8 Å². The van der Waals surface area contributed by atoms with E-state index in [2.05, 4.69) is 5.10 Å². The zero-order chi connectivity index (χ0) is 15.0. The molecule has 2 N–H and O–H groups in total. The van der Waals surface area contributed by atoms with Crippen LogP contribution in [0.4, 0.5) is 5.82 Å². The number of nitrogens with zero attached hydrogens (tertiary/aromatic N) is 2. The van der Waals surface area contributed by atoms with Crippen LogP contribution < -0.4 is 5.73 Å². The van der Waals surface area contributed by atoms with E-state index in [1.165, 1.54) is 0 Å². The van der Waals surface area contributed by atoms with Crippen LogP contribution in [0.2, 0.25) is 15.1 Å². The number of anilines is 1. The normalized spacial score (nSPS) is 10.8. The van der Waals surface area contributed by atoms with Crippen LogP contribution in [0.15, 0.2) is 48.5 Å². The average molecular weight is 339 g/mol. The van der Waals surface area contributed by atoms with Crippen molar-refractivity contribution in [3.8, 4) is 16.9 Å². The van der Waals surface area contributed by atoms with Gasteiger partial charge in [0.05, 0.1) is 16.4 Å². The van der Waals surface area contributed by atoms with Gasteiger partial charge in [-0.3, -0.25) is 0 Å². The third-order valence-corrected chi connectivity index (χ3v) is 3.80. The minimum Gasteiger partial charge on any atom is -0.382 e. The van der Waals surface area contributed by atoms with Gasteiger partial charge in [-0.1, -0.05) is 46.9 Å². The molecule has 0 spiro atoms. The van der Waals surface area contributed by atoms with Crippen molar-refractivity contribution in [2.75, 3.05) is 5.73 Å². The van der Waals surface area contributed by atoms with Crippen LogP contribution in [0, 0.1) is 0 Å². The molecule has 0 aliphatic carbocycles. The molecule has 0 radical (unpaired) electrons. The Balaban J connectivity index is 2.17. The van der Waals surface area contributed by atoms with E-state index in [-0.39, 0.29) is 0 Å². The lowest BCUT2D eigenvalue weighted by molar-refractivity contribution is 0.894. The molecular weight excluding hydrogens is 329 g/mol. The van der Waals surface area contributed by atoms with E-state index in [9.17, 15) is 0 Å². The smallest absolute Gasteiger partial charge is 0.146 e. The highest BCUT2D eigenvalue weighted by atomic mass is 35.5. The molecule has 0 amide bonds. The summed E-state index contributed by atoms with van der Waals surface area (Å²) in [7, 11) is 0. The van der Waals surface area contributed by atoms with Crippen molar-refractivity contribution in [3.05, 3.63) is 63.6 Å². The summed E-state index contributed by atoms with van der Waals surface area (Å²) in [5, 5.41) is 6.04. The molecule has 0 bridgehead atoms. The molecule has 0 fully saturated rings. The average Bonchev–Trinajstić information content (AvgIpc) is 2.81. The number of aromatic nitrogens is 2. The fourth-order valence-corrected chi connectivity index (χ4v) is 2.68. The van der Waals surface area contributed by atoms with E-state index < -0.39 is 0 Å². The van der Waals surface area contributed by atoms with Gasteiger partial charge in [0.15, 0.2) is 0 Å². The van der Waals surface area contributed by atoms with E-state index >= 15 is 0 Å². The van der Waals surface area contributed by atoms with Gasteiger partial charge in [0.25, 0.3) is 0 Å². The third kappa shape index (κ3) is 2.86. The highest BCUT2D eigenvalue weighted by molar-refractivity contribution is 6.35. The quantitative estimate of drug-likeness (QED) is 0.708. The summed E-state index contributed by atoms with van der Waals surface area (Å²) in [5.74, 6) is 0.408. The Kier molecular flexibility index (Phi) is 3.81. The first kappa shape index (κ1) is 14.3. The molecular formula is C15H10Cl3N3. The summed E-state index contributed by atoms with van der Waals surface area (Å²) >= 11 is 18.1. The summed E-state index contributed by atoms with van der Waals surface area (Å²) in [5.41, 5.74) is 8.31. The lowest BCUT2D eigenvalue weighted by atomic mass is 10.1. The Bertz CT molecular complexity index is 794. The Hall–Kier alpha value is -1.68. The summed E-state index contributed by atoms with van der Waals surface area (Å²) in [6.07, 6.45) is 0. The number of hydrogen-bond acceptors (Lipinski definition) is 2. The minimum absolute atomic E-state index is 0.408. The zero-order valence-corrected chi connectivity index (χ0v) is 13.0. The third-order valence-electron chi connectivity index (χ3n) is 3.01. The van der Waals surface area contributed by atoms with Crippen molar-refractivity contribution in [3.63, 3.8) is 0 Å². The summed E-state index contributed by atoms with van der Waals surface area (Å²) < 4.78 is 1.69. The van der Waals surface area contributed by atoms with Crippen molar-refractivity contribution in [2.45, 2.75) is 0 Å². The predicted octanol–water partition coefficient (Wildman–Crippen LogP) is 5.08. The first-order valence-electron chi connectivity index (χ1n) is 6.11. The fraction of sp³-hybridized carbons (Fsp3) is 0. The molecule has 0 aliphatic rings. The second kappa shape index (κ2) is 5.60. The molecule has 0 atom stereocenters. The van der Waals surface area contributed by atoms with Crippen LogP contribution in [-0.4, -0.2) is 9.78 Å². The van der Waals surface area contributed by atoms with E-state index in [0.29, 0.717) is 26.6 Å². The van der Waals surface area contributed by atoms with E-state index in [0.717, 1.165) is 11.3 Å². The van der Waals surface area contributed by atoms with Crippen molar-refractivity contribution in [2.24, 2.45) is 0 Å². The molecule has 0 saturated carbocycles. The van der Waals surface area contributed by atoms with Crippen molar-refractivity contribution < 1.29 is 0 Å². The Labute approximate surface area is 136 Å². The van der Waals surface area contributed by atoms with Gasteiger partial charge in [-0.05, 0) is 30.3 Å². The van der Waals surface area contributed by atoms with Crippen molar-refractivity contribution >= 4 is 40.6 Å². The maximum absolute atomic E-state index is 6.25. The van der Waals surface area contributed by atoms with Gasteiger partial charge in [0.1, 0.15) is 5.82 Å². The Morgan fingerprint density at radius 1 is 0.857 bits per heavy atom. The number of nitrogen functional groups attached to an aromatic ring is 1. The van der Waals surface area contributed by atoms with Crippen LogP contribution in [0.5, 0.6) is 0 Å². The van der Waals surface area contributed by atoms with Crippen LogP contribution in [-0.2, 0) is 0 Å². The molecule has 1 heterocycles. The van der Waals surface area contributed by atoms with Crippen LogP contribution in [0.25, 0.3) is 16.9 Å². The number of hydrogen-bond donors (Lipinski definition) is 1. The van der Waals surface area contributed by atoms with Gasteiger partial charge in [-0.15, -0.1) is 0 Å². The number of halogens is 3. The fourth-order valence-electron chi connectivity index (χ4n) is 2.06. The van der Waals surface area contributed by atoms with Crippen LogP contribution in [0.1, 0.15) is 0 Å². The molecule has 0 aliphatic heterocycles. The molecule has 0 unspecified atom stereocenters. The van der Waals surface area contributed by atoms with E-state index in [4.69, 9.17) is 40.5 Å². The SMILES string of the molecule is Nc1cc(-c2ccc(Cl)cc2)n(-c2ccc(Cl)cc2Cl)n1. The van der Waals surface area contributed by atoms with Crippen LogP contribution >= 0.6 is 34.8 Å². The lowest BCUT2D eigenvalue weighted by Crippen LogP contribution is -2.00. The molecule has 1 aromatic heterocycles. The predicted molar refractivity (Wildman–Crippen MR) is 88.4 cm³/mol. The molecule has 3 nitrogen and oxygen atoms in total. The first-order valence-corrected chi connectivity index (χ1v) is 7.25. The molecule has 3 rings (SSSR count). The number of rotatable bonds is 2. The molecule has 0 saturated heterocycles. The molecule has 106 valence electrons. The van der Waals surface area contributed by atoms with Crippen molar-refractivity contribution in [1.82, 2.24) is 9.78 Å². The summed E-state index contributed by atoms with van der Waals surface area (Å²) in [6, 6.07) is 14.4. The van der Waals surface area contributed by atoms with Gasteiger partial charge in [-0.2, -0.15) is 5.10 Å². The zero-order valence-electron chi connectivity index (χ0n) is 10.7. The van der Waals surface area contributed by atoms with E-state index in [1.807, 2.05) is 24.3 Å². The maximum atomic E-state index is 6.25. The summed E-state index contributed by atoms with van der Waals surface area (Å²) in [4.78, 5) is 0. The number of benzene rings is 2. The monoisotopic (exact) mass is 337 g/mol. The van der Waals surface area contributed by atoms with Gasteiger partial charge in [0.2, 0.25) is 0 Å². The van der Waals surface area contributed by atoms with Gasteiger partial charge in [-0.25, -0.2) is 4.68 Å². The van der Waals surface area contributed by atoms with Gasteiger partial charge < -0.3 is 5.73 Å². The first-order chi connectivity index (χ1) is 10.0. The maximum Gasteiger partial charge on any atom is 0.146 e. The van der Waals surface area contributed by atoms with E-state index in [1.54, 1.807) is 28.9 Å². The molecule has 21 heavy (non-hydrogen) atoms. The van der Waals surface area contributed by atoms with Gasteiger partial charge in [0, 0.05) is 21.7 Å². The Morgan fingerprint density at radius 3 is 2.19 bits per heavy atom.